The number of carbonyl (C=O) groups is 1. The van der Waals surface area contributed by atoms with Crippen molar-refractivity contribution in [3.05, 3.63) is 29.3 Å². The molecule has 0 radical (unpaired) electrons. The maximum atomic E-state index is 12.5. The van der Waals surface area contributed by atoms with Crippen LogP contribution in [0.25, 0.3) is 11.4 Å². The fourth-order valence-electron chi connectivity index (χ4n) is 3.17. The summed E-state index contributed by atoms with van der Waals surface area (Å²) in [5, 5.41) is 13.0. The van der Waals surface area contributed by atoms with Crippen molar-refractivity contribution < 1.29 is 9.53 Å². The second-order valence-electron chi connectivity index (χ2n) is 6.71. The van der Waals surface area contributed by atoms with Crippen molar-refractivity contribution in [2.45, 2.75) is 55.6 Å². The monoisotopic (exact) mass is 408 g/mol. The summed E-state index contributed by atoms with van der Waals surface area (Å²) in [6.45, 7) is 3.06. The van der Waals surface area contributed by atoms with E-state index in [-0.39, 0.29) is 11.2 Å². The normalized spacial score (nSPS) is 15.8. The molecule has 1 aliphatic rings. The third kappa shape index (κ3) is 5.24. The van der Waals surface area contributed by atoms with Crippen LogP contribution in [0.1, 0.15) is 32.6 Å². The van der Waals surface area contributed by atoms with E-state index in [1.165, 1.54) is 24.6 Å². The molecule has 8 heteroatoms. The van der Waals surface area contributed by atoms with Gasteiger partial charge >= 0.3 is 0 Å². The molecule has 1 atom stereocenters. The van der Waals surface area contributed by atoms with E-state index >= 15 is 0 Å². The number of aromatic nitrogens is 3. The van der Waals surface area contributed by atoms with E-state index in [1.807, 2.05) is 35.8 Å². The largest absolute Gasteiger partial charge is 0.383 e. The molecule has 27 heavy (non-hydrogen) atoms. The molecule has 2 aromatic rings. The molecular weight excluding hydrogens is 384 g/mol. The molecule has 6 nitrogen and oxygen atoms in total. The molecule has 1 aliphatic carbocycles. The Kier molecular flexibility index (Phi) is 7.15. The predicted molar refractivity (Wildman–Crippen MR) is 108 cm³/mol. The van der Waals surface area contributed by atoms with Gasteiger partial charge in [-0.3, -0.25) is 9.36 Å². The van der Waals surface area contributed by atoms with Crippen molar-refractivity contribution in [1.29, 1.82) is 0 Å². The second kappa shape index (κ2) is 9.57. The predicted octanol–water partition coefficient (Wildman–Crippen LogP) is 3.78. The fraction of sp³-hybridized carbons (Fsp3) is 0.526. The summed E-state index contributed by atoms with van der Waals surface area (Å²) in [4.78, 5) is 12.5. The van der Waals surface area contributed by atoms with Gasteiger partial charge in [0, 0.05) is 23.7 Å². The lowest BCUT2D eigenvalue weighted by molar-refractivity contribution is -0.120. The molecule has 0 saturated heterocycles. The van der Waals surface area contributed by atoms with Crippen LogP contribution in [0.5, 0.6) is 0 Å². The number of hydrogen-bond donors (Lipinski definition) is 1. The van der Waals surface area contributed by atoms with Crippen molar-refractivity contribution in [1.82, 2.24) is 20.1 Å². The Balaban J connectivity index is 1.75. The van der Waals surface area contributed by atoms with Gasteiger partial charge in [-0.25, -0.2) is 0 Å². The number of amides is 1. The number of methoxy groups -OCH3 is 1. The molecule has 1 aromatic heterocycles. The number of halogens is 1. The molecule has 1 unspecified atom stereocenters. The number of carbonyl (C=O) groups excluding carboxylic acids is 1. The summed E-state index contributed by atoms with van der Waals surface area (Å²) in [7, 11) is 1.66. The van der Waals surface area contributed by atoms with Crippen molar-refractivity contribution >= 4 is 29.3 Å². The van der Waals surface area contributed by atoms with Gasteiger partial charge in [-0.15, -0.1) is 10.2 Å². The minimum Gasteiger partial charge on any atom is -0.383 e. The van der Waals surface area contributed by atoms with Gasteiger partial charge in [-0.2, -0.15) is 0 Å². The molecule has 1 fully saturated rings. The zero-order valence-electron chi connectivity index (χ0n) is 15.7. The molecule has 0 bridgehead atoms. The third-order valence-electron chi connectivity index (χ3n) is 4.69. The maximum Gasteiger partial charge on any atom is 0.233 e. The average Bonchev–Trinajstić information content (AvgIpc) is 3.30. The molecule has 146 valence electrons. The zero-order chi connectivity index (χ0) is 19.2. The van der Waals surface area contributed by atoms with Gasteiger partial charge in [-0.1, -0.05) is 36.2 Å². The van der Waals surface area contributed by atoms with Crippen LogP contribution in [0.4, 0.5) is 0 Å². The number of nitrogens with one attached hydrogen (secondary N) is 1. The highest BCUT2D eigenvalue weighted by atomic mass is 35.5. The van der Waals surface area contributed by atoms with Gasteiger partial charge in [0.1, 0.15) is 0 Å². The molecule has 1 amide bonds. The number of benzene rings is 1. The Morgan fingerprint density at radius 3 is 2.70 bits per heavy atom. The van der Waals surface area contributed by atoms with E-state index in [0.717, 1.165) is 24.2 Å². The van der Waals surface area contributed by atoms with E-state index in [2.05, 4.69) is 15.5 Å². The third-order valence-corrected chi connectivity index (χ3v) is 6.02. The van der Waals surface area contributed by atoms with Crippen molar-refractivity contribution in [3.8, 4) is 11.4 Å². The smallest absolute Gasteiger partial charge is 0.233 e. The molecule has 1 saturated carbocycles. The minimum absolute atomic E-state index is 0.0567. The van der Waals surface area contributed by atoms with Gasteiger partial charge in [0.15, 0.2) is 11.0 Å². The average molecular weight is 409 g/mol. The lowest BCUT2D eigenvalue weighted by Crippen LogP contribution is -2.37. The molecular formula is C19H25ClN4O2S. The van der Waals surface area contributed by atoms with Crippen LogP contribution in [0.3, 0.4) is 0 Å². The van der Waals surface area contributed by atoms with E-state index < -0.39 is 0 Å². The summed E-state index contributed by atoms with van der Waals surface area (Å²) in [5.74, 6) is 0.802. The van der Waals surface area contributed by atoms with Crippen LogP contribution in [-0.4, -0.2) is 45.7 Å². The first-order chi connectivity index (χ1) is 13.1. The summed E-state index contributed by atoms with van der Waals surface area (Å²) in [6.07, 6.45) is 4.55. The first kappa shape index (κ1) is 20.2. The highest BCUT2D eigenvalue weighted by Crippen LogP contribution is 2.28. The maximum absolute atomic E-state index is 12.5. The zero-order valence-corrected chi connectivity index (χ0v) is 17.2. The summed E-state index contributed by atoms with van der Waals surface area (Å²) >= 11 is 7.42. The van der Waals surface area contributed by atoms with E-state index in [1.54, 1.807) is 7.11 Å². The van der Waals surface area contributed by atoms with Crippen LogP contribution in [0, 0.1) is 0 Å². The molecule has 1 aromatic carbocycles. The molecule has 0 spiro atoms. The minimum atomic E-state index is -0.242. The Morgan fingerprint density at radius 1 is 1.33 bits per heavy atom. The number of ether oxygens (including phenoxy) is 1. The SMILES string of the molecule is COCCn1c(SC(C)C(=O)NC2CCCC2)nnc1-c1ccc(Cl)cc1. The van der Waals surface area contributed by atoms with Gasteiger partial charge in [0.2, 0.25) is 5.91 Å². The van der Waals surface area contributed by atoms with Gasteiger partial charge in [-0.05, 0) is 44.0 Å². The van der Waals surface area contributed by atoms with Gasteiger partial charge < -0.3 is 10.1 Å². The molecule has 0 aliphatic heterocycles. The quantitative estimate of drug-likeness (QED) is 0.673. The number of thioether (sulfide) groups is 1. The van der Waals surface area contributed by atoms with Crippen LogP contribution in [0.2, 0.25) is 5.02 Å². The van der Waals surface area contributed by atoms with Crippen LogP contribution in [-0.2, 0) is 16.1 Å². The summed E-state index contributed by atoms with van der Waals surface area (Å²) in [5.41, 5.74) is 0.929. The second-order valence-corrected chi connectivity index (χ2v) is 8.45. The fourth-order valence-corrected chi connectivity index (χ4v) is 4.18. The van der Waals surface area contributed by atoms with Crippen molar-refractivity contribution in [2.75, 3.05) is 13.7 Å². The van der Waals surface area contributed by atoms with Crippen molar-refractivity contribution in [3.63, 3.8) is 0 Å². The molecule has 1 N–H and O–H groups in total. The Bertz CT molecular complexity index is 760. The number of hydrogen-bond acceptors (Lipinski definition) is 5. The Morgan fingerprint density at radius 2 is 2.04 bits per heavy atom. The van der Waals surface area contributed by atoms with E-state index in [0.29, 0.717) is 29.4 Å². The number of rotatable bonds is 8. The lowest BCUT2D eigenvalue weighted by atomic mass is 10.2. The van der Waals surface area contributed by atoms with Crippen LogP contribution in [0.15, 0.2) is 29.4 Å². The lowest BCUT2D eigenvalue weighted by Gasteiger charge is -2.16. The highest BCUT2D eigenvalue weighted by Gasteiger charge is 2.24. The standard InChI is InChI=1S/C19H25ClN4O2S/c1-13(18(25)21-16-5-3-4-6-16)27-19-23-22-17(24(19)11-12-26-2)14-7-9-15(20)10-8-14/h7-10,13,16H,3-6,11-12H2,1-2H3,(H,21,25). The van der Waals surface area contributed by atoms with Gasteiger partial charge in [0.25, 0.3) is 0 Å². The summed E-state index contributed by atoms with van der Waals surface area (Å²) < 4.78 is 7.23. The first-order valence-corrected chi connectivity index (χ1v) is 10.5. The van der Waals surface area contributed by atoms with Crippen LogP contribution >= 0.6 is 23.4 Å². The van der Waals surface area contributed by atoms with Crippen LogP contribution < -0.4 is 5.32 Å². The Labute approximate surface area is 169 Å². The summed E-state index contributed by atoms with van der Waals surface area (Å²) in [6, 6.07) is 7.81. The number of nitrogens with zero attached hydrogens (tertiary/aromatic N) is 3. The van der Waals surface area contributed by atoms with Crippen molar-refractivity contribution in [2.24, 2.45) is 0 Å². The van der Waals surface area contributed by atoms with Gasteiger partial charge in [0.05, 0.1) is 18.4 Å². The highest BCUT2D eigenvalue weighted by molar-refractivity contribution is 8.00. The topological polar surface area (TPSA) is 69.0 Å². The molecule has 3 rings (SSSR count). The van der Waals surface area contributed by atoms with E-state index in [9.17, 15) is 4.79 Å². The van der Waals surface area contributed by atoms with E-state index in [4.69, 9.17) is 16.3 Å². The molecule has 1 heterocycles. The Hall–Kier alpha value is -1.57. The first-order valence-electron chi connectivity index (χ1n) is 9.23.